The van der Waals surface area contributed by atoms with Crippen LogP contribution in [0.1, 0.15) is 54.0 Å². The highest BCUT2D eigenvalue weighted by molar-refractivity contribution is 6.06. The van der Waals surface area contributed by atoms with Gasteiger partial charge in [-0.25, -0.2) is 4.98 Å². The van der Waals surface area contributed by atoms with Crippen LogP contribution in [0.15, 0.2) is 104 Å². The zero-order valence-electron chi connectivity index (χ0n) is 24.6. The zero-order chi connectivity index (χ0) is 29.1. The number of anilines is 1. The first-order valence-corrected chi connectivity index (χ1v) is 14.9. The van der Waals surface area contributed by atoms with Gasteiger partial charge in [0.1, 0.15) is 5.82 Å². The van der Waals surface area contributed by atoms with E-state index in [1.54, 1.807) is 6.20 Å². The standard InChI is InChI=1S/C35H40N6O/c1-3-20-39(21-4-2)24-28-14-16-32(17-15-28)41(35(42)30-10-6-5-7-11-30)27-40(26-34-36-18-19-37-34)25-29-22-31-12-8-9-13-33(31)38-23-29/h5-19,22-23H,3-4,20-21,24-27H2,1-2H3,(H,36,37). The minimum Gasteiger partial charge on any atom is -0.348 e. The average molecular weight is 561 g/mol. The molecule has 0 saturated carbocycles. The van der Waals surface area contributed by atoms with E-state index in [1.165, 1.54) is 5.56 Å². The summed E-state index contributed by atoms with van der Waals surface area (Å²) in [6.45, 7) is 9.08. The van der Waals surface area contributed by atoms with Gasteiger partial charge in [-0.3, -0.25) is 24.5 Å². The largest absolute Gasteiger partial charge is 0.348 e. The second-order valence-electron chi connectivity index (χ2n) is 10.7. The molecule has 0 unspecified atom stereocenters. The van der Waals surface area contributed by atoms with Crippen LogP contribution < -0.4 is 4.90 Å². The topological polar surface area (TPSA) is 68.4 Å². The third kappa shape index (κ3) is 7.69. The van der Waals surface area contributed by atoms with Crippen molar-refractivity contribution in [3.05, 3.63) is 126 Å². The van der Waals surface area contributed by atoms with Crippen molar-refractivity contribution in [2.75, 3.05) is 24.7 Å². The van der Waals surface area contributed by atoms with Crippen molar-refractivity contribution < 1.29 is 4.79 Å². The summed E-state index contributed by atoms with van der Waals surface area (Å²) in [5, 5.41) is 1.10. The number of amides is 1. The number of carbonyl (C=O) groups is 1. The van der Waals surface area contributed by atoms with Gasteiger partial charge in [-0.1, -0.05) is 62.4 Å². The van der Waals surface area contributed by atoms with Crippen molar-refractivity contribution in [3.8, 4) is 0 Å². The van der Waals surface area contributed by atoms with E-state index in [-0.39, 0.29) is 5.91 Å². The molecule has 0 atom stereocenters. The summed E-state index contributed by atoms with van der Waals surface area (Å²) in [4.78, 5) is 33.0. The highest BCUT2D eigenvalue weighted by atomic mass is 16.2. The number of nitrogens with zero attached hydrogens (tertiary/aromatic N) is 5. The van der Waals surface area contributed by atoms with Crippen LogP contribution in [0.2, 0.25) is 0 Å². The molecule has 2 heterocycles. The number of benzene rings is 3. The van der Waals surface area contributed by atoms with Gasteiger partial charge < -0.3 is 4.98 Å². The number of aromatic amines is 1. The Morgan fingerprint density at radius 2 is 1.48 bits per heavy atom. The van der Waals surface area contributed by atoms with Crippen molar-refractivity contribution in [2.24, 2.45) is 0 Å². The van der Waals surface area contributed by atoms with Crippen molar-refractivity contribution in [2.45, 2.75) is 46.3 Å². The fourth-order valence-corrected chi connectivity index (χ4v) is 5.35. The number of hydrogen-bond donors (Lipinski definition) is 1. The maximum atomic E-state index is 14.0. The normalized spacial score (nSPS) is 11.4. The number of nitrogens with one attached hydrogen (secondary N) is 1. The van der Waals surface area contributed by atoms with Crippen molar-refractivity contribution in [1.29, 1.82) is 0 Å². The van der Waals surface area contributed by atoms with Gasteiger partial charge in [0.25, 0.3) is 5.91 Å². The number of para-hydroxylation sites is 1. The van der Waals surface area contributed by atoms with Crippen molar-refractivity contribution in [3.63, 3.8) is 0 Å². The molecule has 5 aromatic rings. The molecule has 0 bridgehead atoms. The maximum absolute atomic E-state index is 14.0. The first-order valence-electron chi connectivity index (χ1n) is 14.9. The lowest BCUT2D eigenvalue weighted by Gasteiger charge is -2.31. The van der Waals surface area contributed by atoms with Gasteiger partial charge in [-0.15, -0.1) is 0 Å². The molecule has 1 N–H and O–H groups in total. The molecule has 5 rings (SSSR count). The molecule has 3 aromatic carbocycles. The first kappa shape index (κ1) is 29.2. The molecular formula is C35H40N6O. The van der Waals surface area contributed by atoms with Crippen molar-refractivity contribution >= 4 is 22.5 Å². The Morgan fingerprint density at radius 1 is 0.762 bits per heavy atom. The molecule has 0 aliphatic heterocycles. The maximum Gasteiger partial charge on any atom is 0.259 e. The Balaban J connectivity index is 1.44. The van der Waals surface area contributed by atoms with E-state index in [9.17, 15) is 4.79 Å². The number of imidazole rings is 1. The zero-order valence-corrected chi connectivity index (χ0v) is 24.6. The number of rotatable bonds is 14. The second-order valence-corrected chi connectivity index (χ2v) is 10.7. The summed E-state index contributed by atoms with van der Waals surface area (Å²) in [5.74, 6) is 0.807. The predicted octanol–water partition coefficient (Wildman–Crippen LogP) is 6.89. The van der Waals surface area contributed by atoms with Crippen LogP contribution in [0.25, 0.3) is 10.9 Å². The van der Waals surface area contributed by atoms with Gasteiger partial charge in [-0.2, -0.15) is 0 Å². The lowest BCUT2D eigenvalue weighted by Crippen LogP contribution is -2.41. The lowest BCUT2D eigenvalue weighted by atomic mass is 10.1. The minimum absolute atomic E-state index is 0.0389. The molecule has 0 aliphatic carbocycles. The number of aromatic nitrogens is 3. The molecule has 0 fully saturated rings. The SMILES string of the molecule is CCCN(CCC)Cc1ccc(N(CN(Cc2cnc3ccccc3c2)Cc2ncc[nH]2)C(=O)c2ccccc2)cc1. The lowest BCUT2D eigenvalue weighted by molar-refractivity contribution is 0.0962. The van der Waals surface area contributed by atoms with E-state index < -0.39 is 0 Å². The predicted molar refractivity (Wildman–Crippen MR) is 170 cm³/mol. The van der Waals surface area contributed by atoms with Gasteiger partial charge in [0.15, 0.2) is 0 Å². The number of fused-ring (bicyclic) bond motifs is 1. The molecule has 7 nitrogen and oxygen atoms in total. The minimum atomic E-state index is -0.0389. The number of H-pyrrole nitrogens is 1. The van der Waals surface area contributed by atoms with Gasteiger partial charge in [0.2, 0.25) is 0 Å². The molecule has 7 heteroatoms. The fourth-order valence-electron chi connectivity index (χ4n) is 5.35. The summed E-state index contributed by atoms with van der Waals surface area (Å²) in [6.07, 6.45) is 7.79. The summed E-state index contributed by atoms with van der Waals surface area (Å²) in [7, 11) is 0. The van der Waals surface area contributed by atoms with Crippen LogP contribution in [0, 0.1) is 0 Å². The van der Waals surface area contributed by atoms with E-state index in [0.717, 1.165) is 60.5 Å². The number of carbonyl (C=O) groups excluding carboxylic acids is 1. The Morgan fingerprint density at radius 3 is 2.19 bits per heavy atom. The van der Waals surface area contributed by atoms with Gasteiger partial charge >= 0.3 is 0 Å². The Bertz CT molecular complexity index is 1530. The van der Waals surface area contributed by atoms with Crippen molar-refractivity contribution in [1.82, 2.24) is 24.8 Å². The Hall–Kier alpha value is -4.33. The average Bonchev–Trinajstić information content (AvgIpc) is 3.54. The molecule has 0 radical (unpaired) electrons. The van der Waals surface area contributed by atoms with Crippen LogP contribution >= 0.6 is 0 Å². The second kappa shape index (κ2) is 14.5. The molecule has 0 saturated heterocycles. The van der Waals surface area contributed by atoms with Gasteiger partial charge in [0.05, 0.1) is 18.7 Å². The molecule has 216 valence electrons. The van der Waals surface area contributed by atoms with E-state index in [1.807, 2.05) is 65.8 Å². The van der Waals surface area contributed by atoms with E-state index >= 15 is 0 Å². The van der Waals surface area contributed by atoms with Crippen LogP contribution in [0.3, 0.4) is 0 Å². The molecule has 42 heavy (non-hydrogen) atoms. The summed E-state index contributed by atoms with van der Waals surface area (Å²) in [6, 6.07) is 28.3. The summed E-state index contributed by atoms with van der Waals surface area (Å²) in [5.41, 5.74) is 4.82. The molecule has 2 aromatic heterocycles. The third-order valence-electron chi connectivity index (χ3n) is 7.32. The van der Waals surface area contributed by atoms with Crippen LogP contribution in [0.5, 0.6) is 0 Å². The summed E-state index contributed by atoms with van der Waals surface area (Å²) >= 11 is 0. The first-order chi connectivity index (χ1) is 20.6. The van der Waals surface area contributed by atoms with Crippen LogP contribution in [-0.4, -0.2) is 50.4 Å². The van der Waals surface area contributed by atoms with E-state index in [4.69, 9.17) is 0 Å². The number of hydrogen-bond acceptors (Lipinski definition) is 5. The fraction of sp³-hybridized carbons (Fsp3) is 0.286. The van der Waals surface area contributed by atoms with E-state index in [0.29, 0.717) is 25.3 Å². The monoisotopic (exact) mass is 560 g/mol. The van der Waals surface area contributed by atoms with Crippen LogP contribution in [0.4, 0.5) is 5.69 Å². The van der Waals surface area contributed by atoms with Crippen LogP contribution in [-0.2, 0) is 19.6 Å². The molecule has 1 amide bonds. The molecule has 0 spiro atoms. The highest BCUT2D eigenvalue weighted by Gasteiger charge is 2.22. The third-order valence-corrected chi connectivity index (χ3v) is 7.32. The summed E-state index contributed by atoms with van der Waals surface area (Å²) < 4.78 is 0. The number of pyridine rings is 1. The quantitative estimate of drug-likeness (QED) is 0.150. The van der Waals surface area contributed by atoms with Gasteiger partial charge in [-0.05, 0) is 73.5 Å². The molecule has 0 aliphatic rings. The van der Waals surface area contributed by atoms with Gasteiger partial charge in [0, 0.05) is 48.3 Å². The highest BCUT2D eigenvalue weighted by Crippen LogP contribution is 2.22. The van der Waals surface area contributed by atoms with E-state index in [2.05, 4.69) is 75.0 Å². The molecular weight excluding hydrogens is 520 g/mol. The Kier molecular flexibility index (Phi) is 10.1. The Labute approximate surface area is 248 Å². The smallest absolute Gasteiger partial charge is 0.259 e.